The van der Waals surface area contributed by atoms with E-state index in [-0.39, 0.29) is 12.0 Å². The fraction of sp³-hybridized carbons (Fsp3) is 0.556. The molecule has 1 saturated heterocycles. The van der Waals surface area contributed by atoms with E-state index in [2.05, 4.69) is 4.90 Å². The Labute approximate surface area is 135 Å². The van der Waals surface area contributed by atoms with Gasteiger partial charge in [-0.25, -0.2) is 0 Å². The van der Waals surface area contributed by atoms with Gasteiger partial charge in [-0.2, -0.15) is 0 Å². The average Bonchev–Trinajstić information content (AvgIpc) is 3.00. The van der Waals surface area contributed by atoms with Crippen LogP contribution in [0.25, 0.3) is 0 Å². The highest BCUT2D eigenvalue weighted by atomic mass is 16.7. The van der Waals surface area contributed by atoms with Gasteiger partial charge in [0.05, 0.1) is 12.2 Å². The SMILES string of the molecule is CC1(C)Oc2cc3c(cc2O1)[C@H]1C2C(=C[C@H](O)[C@H]1O)CCN2C3. The molecule has 5 rings (SSSR count). The number of hydrogen-bond acceptors (Lipinski definition) is 5. The molecule has 0 saturated carbocycles. The van der Waals surface area contributed by atoms with Gasteiger partial charge in [-0.3, -0.25) is 4.90 Å². The van der Waals surface area contributed by atoms with Gasteiger partial charge in [-0.1, -0.05) is 11.6 Å². The molecule has 1 aromatic rings. The number of aliphatic hydroxyl groups is 2. The lowest BCUT2D eigenvalue weighted by molar-refractivity contribution is -0.0431. The predicted molar refractivity (Wildman–Crippen MR) is 83.4 cm³/mol. The number of benzene rings is 1. The van der Waals surface area contributed by atoms with Crippen molar-refractivity contribution in [2.75, 3.05) is 6.54 Å². The molecule has 1 aromatic carbocycles. The third-order valence-electron chi connectivity index (χ3n) is 5.55. The maximum Gasteiger partial charge on any atom is 0.246 e. The Balaban J connectivity index is 1.66. The van der Waals surface area contributed by atoms with Crippen LogP contribution in [-0.2, 0) is 6.54 Å². The Hall–Kier alpha value is -1.56. The maximum atomic E-state index is 10.6. The van der Waals surface area contributed by atoms with Crippen LogP contribution < -0.4 is 9.47 Å². The highest BCUT2D eigenvalue weighted by molar-refractivity contribution is 5.54. The van der Waals surface area contributed by atoms with Gasteiger partial charge in [0.2, 0.25) is 5.79 Å². The molecule has 4 aliphatic rings. The first kappa shape index (κ1) is 13.8. The van der Waals surface area contributed by atoms with E-state index in [0.717, 1.165) is 36.6 Å². The van der Waals surface area contributed by atoms with Gasteiger partial charge < -0.3 is 19.7 Å². The topological polar surface area (TPSA) is 62.2 Å². The van der Waals surface area contributed by atoms with Crippen LogP contribution in [0.1, 0.15) is 37.3 Å². The van der Waals surface area contributed by atoms with Gasteiger partial charge in [0.25, 0.3) is 0 Å². The molecular formula is C18H21NO4. The summed E-state index contributed by atoms with van der Waals surface area (Å²) in [6.45, 7) is 5.62. The molecule has 3 aliphatic heterocycles. The van der Waals surface area contributed by atoms with E-state index in [9.17, 15) is 10.2 Å². The largest absolute Gasteiger partial charge is 0.449 e. The van der Waals surface area contributed by atoms with Crippen molar-refractivity contribution in [3.8, 4) is 11.5 Å². The molecule has 122 valence electrons. The van der Waals surface area contributed by atoms with Crippen molar-refractivity contribution in [2.45, 2.75) is 56.8 Å². The zero-order valence-corrected chi connectivity index (χ0v) is 13.3. The predicted octanol–water partition coefficient (Wildman–Crippen LogP) is 1.53. The summed E-state index contributed by atoms with van der Waals surface area (Å²) in [5, 5.41) is 20.9. The molecule has 0 spiro atoms. The van der Waals surface area contributed by atoms with Crippen molar-refractivity contribution in [1.29, 1.82) is 0 Å². The first-order chi connectivity index (χ1) is 10.9. The number of ether oxygens (including phenoxy) is 2. The van der Waals surface area contributed by atoms with Crippen LogP contribution in [0.15, 0.2) is 23.8 Å². The zero-order valence-electron chi connectivity index (χ0n) is 13.3. The molecular weight excluding hydrogens is 294 g/mol. The smallest absolute Gasteiger partial charge is 0.246 e. The zero-order chi connectivity index (χ0) is 15.9. The number of rotatable bonds is 0. The summed E-state index contributed by atoms with van der Waals surface area (Å²) in [7, 11) is 0. The van der Waals surface area contributed by atoms with E-state index in [1.54, 1.807) is 0 Å². The summed E-state index contributed by atoms with van der Waals surface area (Å²) in [5.74, 6) is 0.748. The lowest BCUT2D eigenvalue weighted by Crippen LogP contribution is -2.49. The Morgan fingerprint density at radius 3 is 2.70 bits per heavy atom. The van der Waals surface area contributed by atoms with Gasteiger partial charge in [-0.15, -0.1) is 0 Å². The molecule has 0 radical (unpaired) electrons. The highest BCUT2D eigenvalue weighted by Crippen LogP contribution is 2.50. The van der Waals surface area contributed by atoms with Crippen molar-refractivity contribution in [3.05, 3.63) is 34.9 Å². The van der Waals surface area contributed by atoms with E-state index in [4.69, 9.17) is 9.47 Å². The molecule has 2 N–H and O–H groups in total. The summed E-state index contributed by atoms with van der Waals surface area (Å²) in [5.41, 5.74) is 3.52. The minimum absolute atomic E-state index is 0.103. The molecule has 1 unspecified atom stereocenters. The summed E-state index contributed by atoms with van der Waals surface area (Å²) >= 11 is 0. The van der Waals surface area contributed by atoms with Gasteiger partial charge in [0.15, 0.2) is 11.5 Å². The van der Waals surface area contributed by atoms with Crippen LogP contribution in [0.4, 0.5) is 0 Å². The minimum Gasteiger partial charge on any atom is -0.449 e. The normalized spacial score (nSPS) is 36.4. The molecule has 23 heavy (non-hydrogen) atoms. The van der Waals surface area contributed by atoms with Crippen molar-refractivity contribution in [3.63, 3.8) is 0 Å². The number of aliphatic hydroxyl groups excluding tert-OH is 2. The van der Waals surface area contributed by atoms with Crippen LogP contribution in [0, 0.1) is 0 Å². The van der Waals surface area contributed by atoms with Crippen LogP contribution >= 0.6 is 0 Å². The van der Waals surface area contributed by atoms with Gasteiger partial charge in [0.1, 0.15) is 0 Å². The highest BCUT2D eigenvalue weighted by Gasteiger charge is 2.49. The fourth-order valence-corrected chi connectivity index (χ4v) is 4.68. The summed E-state index contributed by atoms with van der Waals surface area (Å²) in [4.78, 5) is 2.40. The third kappa shape index (κ3) is 1.84. The van der Waals surface area contributed by atoms with Crippen molar-refractivity contribution >= 4 is 0 Å². The Bertz CT molecular complexity index is 726. The maximum absolute atomic E-state index is 10.6. The Morgan fingerprint density at radius 2 is 1.91 bits per heavy atom. The van der Waals surface area contributed by atoms with E-state index in [1.807, 2.05) is 32.1 Å². The number of nitrogens with zero attached hydrogens (tertiary/aromatic N) is 1. The lowest BCUT2D eigenvalue weighted by atomic mass is 9.73. The van der Waals surface area contributed by atoms with Crippen LogP contribution in [0.2, 0.25) is 0 Å². The monoisotopic (exact) mass is 315 g/mol. The summed E-state index contributed by atoms with van der Waals surface area (Å²) in [6.07, 6.45) is 1.25. The molecule has 3 heterocycles. The van der Waals surface area contributed by atoms with E-state index < -0.39 is 18.0 Å². The number of fused-ring (bicyclic) bond motifs is 3. The Kier molecular flexibility index (Phi) is 2.58. The first-order valence-corrected chi connectivity index (χ1v) is 8.28. The molecule has 4 atom stereocenters. The Morgan fingerprint density at radius 1 is 1.17 bits per heavy atom. The second-order valence-electron chi connectivity index (χ2n) is 7.52. The molecule has 5 heteroatoms. The minimum atomic E-state index is -0.793. The third-order valence-corrected chi connectivity index (χ3v) is 5.55. The van der Waals surface area contributed by atoms with Crippen LogP contribution in [0.3, 0.4) is 0 Å². The van der Waals surface area contributed by atoms with Crippen molar-refractivity contribution in [2.24, 2.45) is 0 Å². The molecule has 0 amide bonds. The van der Waals surface area contributed by atoms with Crippen LogP contribution in [-0.4, -0.2) is 45.7 Å². The van der Waals surface area contributed by atoms with E-state index in [0.29, 0.717) is 0 Å². The van der Waals surface area contributed by atoms with E-state index >= 15 is 0 Å². The average molecular weight is 315 g/mol. The molecule has 0 bridgehead atoms. The molecule has 0 aromatic heterocycles. The van der Waals surface area contributed by atoms with Crippen LogP contribution in [0.5, 0.6) is 11.5 Å². The quantitative estimate of drug-likeness (QED) is 0.711. The van der Waals surface area contributed by atoms with Crippen molar-refractivity contribution < 1.29 is 19.7 Å². The van der Waals surface area contributed by atoms with Gasteiger partial charge in [0, 0.05) is 38.9 Å². The summed E-state index contributed by atoms with van der Waals surface area (Å²) in [6, 6.07) is 4.26. The molecule has 1 fully saturated rings. The first-order valence-electron chi connectivity index (χ1n) is 8.28. The van der Waals surface area contributed by atoms with E-state index in [1.165, 1.54) is 11.1 Å². The second-order valence-corrected chi connectivity index (χ2v) is 7.52. The molecule has 5 nitrogen and oxygen atoms in total. The lowest BCUT2D eigenvalue weighted by Gasteiger charge is -2.44. The molecule has 1 aliphatic carbocycles. The second kappa shape index (κ2) is 4.29. The fourth-order valence-electron chi connectivity index (χ4n) is 4.68. The number of hydrogen-bond donors (Lipinski definition) is 2. The van der Waals surface area contributed by atoms with Crippen molar-refractivity contribution in [1.82, 2.24) is 4.90 Å². The van der Waals surface area contributed by atoms with Gasteiger partial charge in [-0.05, 0) is 29.7 Å². The standard InChI is InChI=1S/C18H21NO4/c1-18(2)22-13-6-10-8-19-4-3-9-5-12(20)17(21)15(16(9)19)11(10)7-14(13)23-18/h5-7,12,15-17,20-21H,3-4,8H2,1-2H3/t12-,15-,16?,17+/m0/s1. The van der Waals surface area contributed by atoms with Gasteiger partial charge >= 0.3 is 0 Å². The summed E-state index contributed by atoms with van der Waals surface area (Å²) < 4.78 is 11.7.